The lowest BCUT2D eigenvalue weighted by Gasteiger charge is -2.34. The molecule has 0 saturated heterocycles. The van der Waals surface area contributed by atoms with Gasteiger partial charge in [0.1, 0.15) is 0 Å². The zero-order valence-electron chi connectivity index (χ0n) is 20.8. The minimum atomic E-state index is -0.870. The van der Waals surface area contributed by atoms with E-state index in [9.17, 15) is 19.2 Å². The second kappa shape index (κ2) is 7.59. The normalized spacial score (nSPS) is 16.6. The third-order valence-electron chi connectivity index (χ3n) is 8.19. The number of fused-ring (bicyclic) bond motifs is 5. The van der Waals surface area contributed by atoms with Crippen LogP contribution in [0.5, 0.6) is 0 Å². The van der Waals surface area contributed by atoms with Gasteiger partial charge in [0, 0.05) is 13.6 Å². The lowest BCUT2D eigenvalue weighted by molar-refractivity contribution is 0.0656. The Hall–Kier alpha value is -4.84. The number of nitrogens with zero attached hydrogens (tertiary/aromatic N) is 2. The number of carbonyl (C=O) groups is 4. The Morgan fingerprint density at radius 3 is 1.55 bits per heavy atom. The fourth-order valence-electron chi connectivity index (χ4n) is 6.43. The van der Waals surface area contributed by atoms with E-state index in [1.165, 1.54) is 11.9 Å². The molecule has 4 aromatic rings. The van der Waals surface area contributed by atoms with Crippen LogP contribution < -0.4 is 0 Å². The molecule has 0 bridgehead atoms. The first-order valence-corrected chi connectivity index (χ1v) is 12.6. The molecule has 6 nitrogen and oxygen atoms in total. The lowest BCUT2D eigenvalue weighted by Crippen LogP contribution is -2.30. The van der Waals surface area contributed by atoms with Gasteiger partial charge in [0.2, 0.25) is 0 Å². The summed E-state index contributed by atoms with van der Waals surface area (Å²) in [5.41, 5.74) is 6.41. The molecule has 4 amide bonds. The molecule has 0 radical (unpaired) electrons. The largest absolute Gasteiger partial charge is 0.277 e. The molecular formula is C32H22N2O4. The first-order chi connectivity index (χ1) is 18.4. The number of hydrogen-bond acceptors (Lipinski definition) is 4. The Kier molecular flexibility index (Phi) is 4.46. The summed E-state index contributed by atoms with van der Waals surface area (Å²) in [6.45, 7) is 2.08. The highest BCUT2D eigenvalue weighted by Gasteiger charge is 2.48. The van der Waals surface area contributed by atoms with Crippen molar-refractivity contribution in [2.24, 2.45) is 0 Å². The van der Waals surface area contributed by atoms with Gasteiger partial charge in [-0.25, -0.2) is 0 Å². The van der Waals surface area contributed by atoms with Crippen molar-refractivity contribution in [2.45, 2.75) is 12.3 Å². The molecule has 0 aromatic heterocycles. The van der Waals surface area contributed by atoms with Gasteiger partial charge < -0.3 is 0 Å². The quantitative estimate of drug-likeness (QED) is 0.332. The van der Waals surface area contributed by atoms with Gasteiger partial charge in [-0.15, -0.1) is 0 Å². The van der Waals surface area contributed by atoms with Crippen LogP contribution in [0.4, 0.5) is 0 Å². The average Bonchev–Trinajstić information content (AvgIpc) is 3.47. The molecular weight excluding hydrogens is 476 g/mol. The van der Waals surface area contributed by atoms with Crippen molar-refractivity contribution in [2.75, 3.05) is 13.6 Å². The van der Waals surface area contributed by atoms with E-state index < -0.39 is 5.41 Å². The summed E-state index contributed by atoms with van der Waals surface area (Å²) in [5.74, 6) is -1.25. The number of hydrogen-bond donors (Lipinski definition) is 0. The molecule has 0 saturated carbocycles. The molecule has 0 atom stereocenters. The second-order valence-corrected chi connectivity index (χ2v) is 9.89. The molecule has 184 valence electrons. The monoisotopic (exact) mass is 498 g/mol. The predicted octanol–water partition coefficient (Wildman–Crippen LogP) is 4.89. The summed E-state index contributed by atoms with van der Waals surface area (Å²) in [6.07, 6.45) is 0. The number of amides is 4. The van der Waals surface area contributed by atoms with Gasteiger partial charge >= 0.3 is 0 Å². The van der Waals surface area contributed by atoms with Crippen molar-refractivity contribution < 1.29 is 19.2 Å². The van der Waals surface area contributed by atoms with Crippen LogP contribution in [0.2, 0.25) is 0 Å². The Balaban J connectivity index is 1.58. The van der Waals surface area contributed by atoms with E-state index in [-0.39, 0.29) is 23.6 Å². The summed E-state index contributed by atoms with van der Waals surface area (Å²) >= 11 is 0. The molecule has 1 aliphatic carbocycles. The SMILES string of the molecule is CCN1C(=O)c2ccc(C3(c4ccc5c(c4)C(=O)N(C)C5=O)c4ccccc4-c4ccccc43)cc2C1=O. The maximum absolute atomic E-state index is 13.2. The highest BCUT2D eigenvalue weighted by molar-refractivity contribution is 6.22. The molecule has 38 heavy (non-hydrogen) atoms. The smallest absolute Gasteiger partial charge is 0.261 e. The number of benzene rings is 4. The van der Waals surface area contributed by atoms with Crippen molar-refractivity contribution in [3.05, 3.63) is 129 Å². The van der Waals surface area contributed by atoms with Gasteiger partial charge in [-0.3, -0.25) is 29.0 Å². The van der Waals surface area contributed by atoms with Gasteiger partial charge in [-0.2, -0.15) is 0 Å². The van der Waals surface area contributed by atoms with Crippen LogP contribution in [-0.4, -0.2) is 47.0 Å². The van der Waals surface area contributed by atoms with E-state index in [2.05, 4.69) is 24.3 Å². The summed E-state index contributed by atoms with van der Waals surface area (Å²) in [5, 5.41) is 0. The number of carbonyl (C=O) groups excluding carboxylic acids is 4. The zero-order chi connectivity index (χ0) is 26.3. The van der Waals surface area contributed by atoms with Crippen LogP contribution in [0, 0.1) is 0 Å². The number of rotatable bonds is 3. The van der Waals surface area contributed by atoms with Crippen molar-refractivity contribution >= 4 is 23.6 Å². The van der Waals surface area contributed by atoms with Crippen molar-refractivity contribution in [1.82, 2.24) is 9.80 Å². The highest BCUT2D eigenvalue weighted by atomic mass is 16.2. The molecule has 3 aliphatic rings. The molecule has 0 fully saturated rings. The fraction of sp³-hybridized carbons (Fsp3) is 0.125. The maximum Gasteiger partial charge on any atom is 0.261 e. The highest BCUT2D eigenvalue weighted by Crippen LogP contribution is 2.56. The summed E-state index contributed by atoms with van der Waals surface area (Å²) in [4.78, 5) is 54.2. The topological polar surface area (TPSA) is 74.8 Å². The predicted molar refractivity (Wildman–Crippen MR) is 141 cm³/mol. The third kappa shape index (κ3) is 2.56. The van der Waals surface area contributed by atoms with Gasteiger partial charge in [0.05, 0.1) is 27.7 Å². The summed E-state index contributed by atoms with van der Waals surface area (Å²) < 4.78 is 0. The van der Waals surface area contributed by atoms with Crippen LogP contribution in [0.3, 0.4) is 0 Å². The Bertz CT molecular complexity index is 1720. The Labute approximate surface area is 219 Å². The second-order valence-electron chi connectivity index (χ2n) is 9.89. The molecule has 0 N–H and O–H groups in total. The molecule has 0 spiro atoms. The number of imide groups is 2. The Morgan fingerprint density at radius 1 is 0.553 bits per heavy atom. The van der Waals surface area contributed by atoms with Crippen molar-refractivity contribution in [3.8, 4) is 11.1 Å². The molecule has 2 aliphatic heterocycles. The van der Waals surface area contributed by atoms with E-state index in [0.29, 0.717) is 28.8 Å². The van der Waals surface area contributed by atoms with Gasteiger partial charge in [0.15, 0.2) is 0 Å². The first-order valence-electron chi connectivity index (χ1n) is 12.6. The Morgan fingerprint density at radius 2 is 1.00 bits per heavy atom. The van der Waals surface area contributed by atoms with Crippen LogP contribution in [0.15, 0.2) is 84.9 Å². The van der Waals surface area contributed by atoms with Gasteiger partial charge in [0.25, 0.3) is 23.6 Å². The van der Waals surface area contributed by atoms with Crippen LogP contribution in [0.25, 0.3) is 11.1 Å². The third-order valence-corrected chi connectivity index (χ3v) is 8.19. The maximum atomic E-state index is 13.2. The van der Waals surface area contributed by atoms with Crippen molar-refractivity contribution in [1.29, 1.82) is 0 Å². The molecule has 2 heterocycles. The van der Waals surface area contributed by atoms with E-state index >= 15 is 0 Å². The fourth-order valence-corrected chi connectivity index (χ4v) is 6.43. The van der Waals surface area contributed by atoms with E-state index in [0.717, 1.165) is 38.3 Å². The van der Waals surface area contributed by atoms with Crippen LogP contribution in [0.1, 0.15) is 70.6 Å². The van der Waals surface area contributed by atoms with E-state index in [4.69, 9.17) is 0 Å². The molecule has 7 rings (SSSR count). The van der Waals surface area contributed by atoms with Crippen molar-refractivity contribution in [3.63, 3.8) is 0 Å². The minimum Gasteiger partial charge on any atom is -0.277 e. The molecule has 0 unspecified atom stereocenters. The van der Waals surface area contributed by atoms with Gasteiger partial charge in [-0.1, -0.05) is 60.7 Å². The summed E-state index contributed by atoms with van der Waals surface area (Å²) in [7, 11) is 1.49. The lowest BCUT2D eigenvalue weighted by atomic mass is 9.67. The van der Waals surface area contributed by atoms with E-state index in [1.807, 2.05) is 48.5 Å². The molecule has 6 heteroatoms. The zero-order valence-corrected chi connectivity index (χ0v) is 20.8. The van der Waals surface area contributed by atoms with Gasteiger partial charge in [-0.05, 0) is 64.6 Å². The van der Waals surface area contributed by atoms with Crippen LogP contribution >= 0.6 is 0 Å². The van der Waals surface area contributed by atoms with E-state index in [1.54, 1.807) is 19.1 Å². The van der Waals surface area contributed by atoms with Crippen LogP contribution in [-0.2, 0) is 5.41 Å². The standard InChI is InChI=1S/C32H22N2O4/c1-3-34-30(37)23-15-13-19(17-25(23)31(34)38)32(18-12-14-22-24(16-18)29(36)33(2)28(22)35)26-10-6-4-8-20(26)21-9-5-7-11-27(21)32/h4-17H,3H2,1-2H3. The molecule has 4 aromatic carbocycles. The summed E-state index contributed by atoms with van der Waals surface area (Å²) in [6, 6.07) is 27.2. The average molecular weight is 499 g/mol. The minimum absolute atomic E-state index is 0.287. The first kappa shape index (κ1) is 22.4.